The van der Waals surface area contributed by atoms with Gasteiger partial charge in [-0.1, -0.05) is 51.8 Å². The highest BCUT2D eigenvalue weighted by Crippen LogP contribution is 2.26. The van der Waals surface area contributed by atoms with Gasteiger partial charge in [-0.15, -0.1) is 0 Å². The van der Waals surface area contributed by atoms with Gasteiger partial charge in [-0.05, 0) is 35.7 Å². The summed E-state index contributed by atoms with van der Waals surface area (Å²) in [5.41, 5.74) is 4.74. The normalized spacial score (nSPS) is 12.4. The van der Waals surface area contributed by atoms with E-state index in [1.165, 1.54) is 6.07 Å². The molecule has 1 unspecified atom stereocenters. The maximum Gasteiger partial charge on any atom is 0.141 e. The van der Waals surface area contributed by atoms with Gasteiger partial charge in [-0.3, -0.25) is 11.3 Å². The zero-order chi connectivity index (χ0) is 13.8. The van der Waals surface area contributed by atoms with Crippen LogP contribution in [-0.2, 0) is 6.42 Å². The summed E-state index contributed by atoms with van der Waals surface area (Å²) < 4.78 is 14.1. The third kappa shape index (κ3) is 3.54. The first-order valence-electron chi connectivity index (χ1n) is 5.76. The van der Waals surface area contributed by atoms with Gasteiger partial charge in [0, 0.05) is 4.47 Å². The van der Waals surface area contributed by atoms with Gasteiger partial charge >= 0.3 is 0 Å². The van der Waals surface area contributed by atoms with Crippen molar-refractivity contribution < 1.29 is 4.39 Å². The SMILES string of the molecule is NNC(Cc1ccc(F)c(Cl)c1)c1ccccc1Br. The fraction of sp³-hybridized carbons (Fsp3) is 0.143. The van der Waals surface area contributed by atoms with Gasteiger partial charge in [0.15, 0.2) is 0 Å². The second-order valence-electron chi connectivity index (χ2n) is 4.19. The second kappa shape index (κ2) is 6.48. The van der Waals surface area contributed by atoms with Crippen LogP contribution in [0.1, 0.15) is 17.2 Å². The molecule has 1 atom stereocenters. The molecule has 0 heterocycles. The van der Waals surface area contributed by atoms with Crippen molar-refractivity contribution in [3.63, 3.8) is 0 Å². The van der Waals surface area contributed by atoms with Crippen LogP contribution < -0.4 is 11.3 Å². The van der Waals surface area contributed by atoms with Crippen molar-refractivity contribution in [2.24, 2.45) is 5.84 Å². The quantitative estimate of drug-likeness (QED) is 0.651. The maximum atomic E-state index is 13.1. The van der Waals surface area contributed by atoms with E-state index in [1.54, 1.807) is 12.1 Å². The minimum atomic E-state index is -0.413. The molecule has 3 N–H and O–H groups in total. The lowest BCUT2D eigenvalue weighted by molar-refractivity contribution is 0.549. The summed E-state index contributed by atoms with van der Waals surface area (Å²) in [6, 6.07) is 12.5. The van der Waals surface area contributed by atoms with Crippen molar-refractivity contribution in [1.82, 2.24) is 5.43 Å². The number of hydrogen-bond acceptors (Lipinski definition) is 2. The standard InChI is InChI=1S/C14H13BrClFN2/c15-11-4-2-1-3-10(11)14(19-18)8-9-5-6-13(17)12(16)7-9/h1-7,14,19H,8,18H2. The number of hydrogen-bond donors (Lipinski definition) is 2. The average molecular weight is 344 g/mol. The molecule has 0 aliphatic carbocycles. The number of hydrazine groups is 1. The van der Waals surface area contributed by atoms with Gasteiger partial charge in [-0.2, -0.15) is 0 Å². The molecule has 19 heavy (non-hydrogen) atoms. The van der Waals surface area contributed by atoms with E-state index in [1.807, 2.05) is 24.3 Å². The highest BCUT2D eigenvalue weighted by Gasteiger charge is 2.14. The van der Waals surface area contributed by atoms with Crippen molar-refractivity contribution in [3.8, 4) is 0 Å². The molecule has 2 rings (SSSR count). The average Bonchev–Trinajstić information content (AvgIpc) is 2.41. The topological polar surface area (TPSA) is 38.0 Å². The van der Waals surface area contributed by atoms with Crippen molar-refractivity contribution in [2.45, 2.75) is 12.5 Å². The molecule has 0 aromatic heterocycles. The first kappa shape index (κ1) is 14.5. The predicted octanol–water partition coefficient (Wildman–Crippen LogP) is 3.99. The van der Waals surface area contributed by atoms with E-state index in [9.17, 15) is 4.39 Å². The molecule has 5 heteroatoms. The third-order valence-corrected chi connectivity index (χ3v) is 3.92. The Morgan fingerprint density at radius 2 is 2.00 bits per heavy atom. The highest BCUT2D eigenvalue weighted by atomic mass is 79.9. The zero-order valence-corrected chi connectivity index (χ0v) is 12.4. The van der Waals surface area contributed by atoms with Crippen molar-refractivity contribution in [2.75, 3.05) is 0 Å². The molecule has 0 saturated heterocycles. The number of benzene rings is 2. The van der Waals surface area contributed by atoms with Crippen LogP contribution >= 0.6 is 27.5 Å². The van der Waals surface area contributed by atoms with E-state index in [2.05, 4.69) is 21.4 Å². The van der Waals surface area contributed by atoms with Gasteiger partial charge in [0.2, 0.25) is 0 Å². The Morgan fingerprint density at radius 3 is 2.63 bits per heavy atom. The number of nitrogens with one attached hydrogen (secondary N) is 1. The summed E-state index contributed by atoms with van der Waals surface area (Å²) >= 11 is 9.28. The molecule has 2 aromatic carbocycles. The summed E-state index contributed by atoms with van der Waals surface area (Å²) in [7, 11) is 0. The van der Waals surface area contributed by atoms with Crippen LogP contribution in [0, 0.1) is 5.82 Å². The van der Waals surface area contributed by atoms with E-state index >= 15 is 0 Å². The number of halogens is 3. The molecule has 100 valence electrons. The smallest absolute Gasteiger partial charge is 0.141 e. The minimum Gasteiger partial charge on any atom is -0.271 e. The Hall–Kier alpha value is -0.940. The van der Waals surface area contributed by atoms with Crippen LogP contribution in [-0.4, -0.2) is 0 Å². The summed E-state index contributed by atoms with van der Waals surface area (Å²) in [6.07, 6.45) is 0.624. The number of rotatable bonds is 4. The molecule has 0 aliphatic rings. The molecule has 0 radical (unpaired) electrons. The minimum absolute atomic E-state index is 0.0721. The van der Waals surface area contributed by atoms with Crippen molar-refractivity contribution >= 4 is 27.5 Å². The number of nitrogens with two attached hydrogens (primary N) is 1. The molecule has 0 amide bonds. The summed E-state index contributed by atoms with van der Waals surface area (Å²) in [5.74, 6) is 5.20. The Morgan fingerprint density at radius 1 is 1.26 bits per heavy atom. The van der Waals surface area contributed by atoms with Crippen molar-refractivity contribution in [3.05, 3.63) is 68.9 Å². The maximum absolute atomic E-state index is 13.1. The summed E-state index contributed by atoms with van der Waals surface area (Å²) in [5, 5.41) is 0.125. The Kier molecular flexibility index (Phi) is 4.93. The highest BCUT2D eigenvalue weighted by molar-refractivity contribution is 9.10. The largest absolute Gasteiger partial charge is 0.271 e. The Bertz CT molecular complexity index is 577. The molecule has 2 aromatic rings. The lowest BCUT2D eigenvalue weighted by atomic mass is 9.99. The van der Waals surface area contributed by atoms with Crippen LogP contribution in [0.5, 0.6) is 0 Å². The van der Waals surface area contributed by atoms with E-state index in [0.717, 1.165) is 15.6 Å². The molecule has 0 aliphatic heterocycles. The molecular weight excluding hydrogens is 331 g/mol. The fourth-order valence-electron chi connectivity index (χ4n) is 1.92. The van der Waals surface area contributed by atoms with Crippen LogP contribution in [0.15, 0.2) is 46.9 Å². The van der Waals surface area contributed by atoms with Gasteiger partial charge in [0.05, 0.1) is 11.1 Å². The van der Waals surface area contributed by atoms with Crippen LogP contribution in [0.25, 0.3) is 0 Å². The summed E-state index contributed by atoms with van der Waals surface area (Å²) in [4.78, 5) is 0. The summed E-state index contributed by atoms with van der Waals surface area (Å²) in [6.45, 7) is 0. The fourth-order valence-corrected chi connectivity index (χ4v) is 2.68. The van der Waals surface area contributed by atoms with E-state index in [-0.39, 0.29) is 11.1 Å². The Labute approximate surface area is 124 Å². The lowest BCUT2D eigenvalue weighted by Gasteiger charge is -2.18. The van der Waals surface area contributed by atoms with Crippen LogP contribution in [0.4, 0.5) is 4.39 Å². The Balaban J connectivity index is 2.24. The van der Waals surface area contributed by atoms with Crippen LogP contribution in [0.3, 0.4) is 0 Å². The van der Waals surface area contributed by atoms with E-state index < -0.39 is 5.82 Å². The molecule has 0 spiro atoms. The predicted molar refractivity (Wildman–Crippen MR) is 79.3 cm³/mol. The van der Waals surface area contributed by atoms with Crippen LogP contribution in [0.2, 0.25) is 5.02 Å². The second-order valence-corrected chi connectivity index (χ2v) is 5.45. The molecule has 0 saturated carbocycles. The zero-order valence-electron chi connectivity index (χ0n) is 10.0. The van der Waals surface area contributed by atoms with Gasteiger partial charge < -0.3 is 0 Å². The molecule has 0 fully saturated rings. The van der Waals surface area contributed by atoms with E-state index in [0.29, 0.717) is 6.42 Å². The molecule has 2 nitrogen and oxygen atoms in total. The van der Waals surface area contributed by atoms with Gasteiger partial charge in [0.25, 0.3) is 0 Å². The van der Waals surface area contributed by atoms with Crippen molar-refractivity contribution in [1.29, 1.82) is 0 Å². The first-order valence-corrected chi connectivity index (χ1v) is 6.93. The van der Waals surface area contributed by atoms with Gasteiger partial charge in [0.1, 0.15) is 5.82 Å². The molecule has 0 bridgehead atoms. The molecular formula is C14H13BrClFN2. The monoisotopic (exact) mass is 342 g/mol. The lowest BCUT2D eigenvalue weighted by Crippen LogP contribution is -2.29. The first-order chi connectivity index (χ1) is 9.11. The third-order valence-electron chi connectivity index (χ3n) is 2.91. The van der Waals surface area contributed by atoms with E-state index in [4.69, 9.17) is 17.4 Å². The van der Waals surface area contributed by atoms with Gasteiger partial charge in [-0.25, -0.2) is 4.39 Å².